The predicted molar refractivity (Wildman–Crippen MR) is 70.0 cm³/mol. The molecule has 1 unspecified atom stereocenters. The SMILES string of the molecule is CC(CCc1ccc(C(F)(F)F)cc1)CNC1CC1. The Balaban J connectivity index is 1.75. The summed E-state index contributed by atoms with van der Waals surface area (Å²) in [7, 11) is 0. The highest BCUT2D eigenvalue weighted by Gasteiger charge is 2.29. The average Bonchev–Trinajstić information content (AvgIpc) is 3.17. The molecule has 0 amide bonds. The summed E-state index contributed by atoms with van der Waals surface area (Å²) in [5.74, 6) is 0.558. The largest absolute Gasteiger partial charge is 0.416 e. The van der Waals surface area contributed by atoms with Crippen LogP contribution in [0.5, 0.6) is 0 Å². The molecule has 106 valence electrons. The highest BCUT2D eigenvalue weighted by molar-refractivity contribution is 5.24. The van der Waals surface area contributed by atoms with Gasteiger partial charge < -0.3 is 5.32 Å². The molecule has 0 heterocycles. The summed E-state index contributed by atoms with van der Waals surface area (Å²) in [5, 5.41) is 3.47. The lowest BCUT2D eigenvalue weighted by atomic mass is 10.00. The van der Waals surface area contributed by atoms with Crippen LogP contribution in [0.4, 0.5) is 13.2 Å². The molecular weight excluding hydrogens is 251 g/mol. The van der Waals surface area contributed by atoms with E-state index in [0.717, 1.165) is 24.9 Å². The van der Waals surface area contributed by atoms with Gasteiger partial charge in [-0.05, 0) is 55.8 Å². The second kappa shape index (κ2) is 5.95. The Kier molecular flexibility index (Phi) is 4.50. The second-order valence-corrected chi connectivity index (χ2v) is 5.52. The normalized spacial score (nSPS) is 17.5. The van der Waals surface area contributed by atoms with E-state index in [4.69, 9.17) is 0 Å². The zero-order valence-corrected chi connectivity index (χ0v) is 11.1. The second-order valence-electron chi connectivity index (χ2n) is 5.52. The molecule has 0 bridgehead atoms. The van der Waals surface area contributed by atoms with Crippen molar-refractivity contribution in [1.82, 2.24) is 5.32 Å². The van der Waals surface area contributed by atoms with E-state index >= 15 is 0 Å². The van der Waals surface area contributed by atoms with E-state index < -0.39 is 11.7 Å². The molecule has 0 spiro atoms. The van der Waals surface area contributed by atoms with Gasteiger partial charge in [-0.25, -0.2) is 0 Å². The number of hydrogen-bond donors (Lipinski definition) is 1. The van der Waals surface area contributed by atoms with Gasteiger partial charge in [0.05, 0.1) is 5.56 Å². The number of benzene rings is 1. The van der Waals surface area contributed by atoms with E-state index in [-0.39, 0.29) is 0 Å². The molecule has 0 saturated heterocycles. The first-order valence-electron chi connectivity index (χ1n) is 6.84. The molecule has 4 heteroatoms. The van der Waals surface area contributed by atoms with Crippen LogP contribution in [-0.2, 0) is 12.6 Å². The Labute approximate surface area is 112 Å². The summed E-state index contributed by atoms with van der Waals surface area (Å²) in [4.78, 5) is 0. The van der Waals surface area contributed by atoms with Crippen molar-refractivity contribution in [3.8, 4) is 0 Å². The molecule has 1 atom stereocenters. The fourth-order valence-corrected chi connectivity index (χ4v) is 2.03. The number of aryl methyl sites for hydroxylation is 1. The summed E-state index contributed by atoms with van der Waals surface area (Å²) < 4.78 is 37.2. The van der Waals surface area contributed by atoms with E-state index in [1.165, 1.54) is 25.0 Å². The Morgan fingerprint density at radius 3 is 2.37 bits per heavy atom. The van der Waals surface area contributed by atoms with Gasteiger partial charge in [0.25, 0.3) is 0 Å². The van der Waals surface area contributed by atoms with E-state index in [9.17, 15) is 13.2 Å². The molecule has 1 nitrogen and oxygen atoms in total. The summed E-state index contributed by atoms with van der Waals surface area (Å²) in [6.45, 7) is 3.19. The number of hydrogen-bond acceptors (Lipinski definition) is 1. The van der Waals surface area contributed by atoms with Crippen LogP contribution in [-0.4, -0.2) is 12.6 Å². The Hall–Kier alpha value is -1.03. The third-order valence-corrected chi connectivity index (χ3v) is 3.54. The van der Waals surface area contributed by atoms with Crippen LogP contribution in [0.2, 0.25) is 0 Å². The minimum absolute atomic E-state index is 0.558. The number of nitrogens with one attached hydrogen (secondary N) is 1. The quantitative estimate of drug-likeness (QED) is 0.823. The minimum Gasteiger partial charge on any atom is -0.314 e. The molecular formula is C15H20F3N. The first kappa shape index (κ1) is 14.4. The lowest BCUT2D eigenvalue weighted by Gasteiger charge is -2.12. The zero-order valence-electron chi connectivity index (χ0n) is 11.1. The summed E-state index contributed by atoms with van der Waals surface area (Å²) in [6, 6.07) is 6.23. The molecule has 1 fully saturated rings. The third-order valence-electron chi connectivity index (χ3n) is 3.54. The highest BCUT2D eigenvalue weighted by Crippen LogP contribution is 2.29. The highest BCUT2D eigenvalue weighted by atomic mass is 19.4. The molecule has 1 aromatic carbocycles. The number of alkyl halides is 3. The Morgan fingerprint density at radius 1 is 1.21 bits per heavy atom. The van der Waals surface area contributed by atoms with Crippen molar-refractivity contribution in [2.24, 2.45) is 5.92 Å². The summed E-state index contributed by atoms with van der Waals surface area (Å²) in [5.41, 5.74) is 0.408. The van der Waals surface area contributed by atoms with Crippen LogP contribution in [0.25, 0.3) is 0 Å². The van der Waals surface area contributed by atoms with Crippen LogP contribution in [0.3, 0.4) is 0 Å². The van der Waals surface area contributed by atoms with Gasteiger partial charge in [0.1, 0.15) is 0 Å². The van der Waals surface area contributed by atoms with Crippen molar-refractivity contribution in [2.45, 2.75) is 44.8 Å². The monoisotopic (exact) mass is 271 g/mol. The van der Waals surface area contributed by atoms with Crippen molar-refractivity contribution in [2.75, 3.05) is 6.54 Å². The van der Waals surface area contributed by atoms with Gasteiger partial charge in [-0.1, -0.05) is 19.1 Å². The molecule has 1 aromatic rings. The van der Waals surface area contributed by atoms with E-state index in [1.807, 2.05) is 0 Å². The van der Waals surface area contributed by atoms with E-state index in [1.54, 1.807) is 12.1 Å². The molecule has 0 aromatic heterocycles. The predicted octanol–water partition coefficient (Wildman–Crippen LogP) is 4.03. The maximum atomic E-state index is 12.4. The molecule has 1 saturated carbocycles. The van der Waals surface area contributed by atoms with Gasteiger partial charge >= 0.3 is 6.18 Å². The summed E-state index contributed by atoms with van der Waals surface area (Å²) in [6.07, 6.45) is 0.175. The van der Waals surface area contributed by atoms with Crippen LogP contribution in [0.15, 0.2) is 24.3 Å². The van der Waals surface area contributed by atoms with Crippen LogP contribution >= 0.6 is 0 Å². The smallest absolute Gasteiger partial charge is 0.314 e. The van der Waals surface area contributed by atoms with Gasteiger partial charge in [0.2, 0.25) is 0 Å². The minimum atomic E-state index is -4.24. The van der Waals surface area contributed by atoms with Crippen LogP contribution in [0.1, 0.15) is 37.3 Å². The zero-order chi connectivity index (χ0) is 13.9. The fraction of sp³-hybridized carbons (Fsp3) is 0.600. The lowest BCUT2D eigenvalue weighted by Crippen LogP contribution is -2.23. The first-order chi connectivity index (χ1) is 8.95. The van der Waals surface area contributed by atoms with E-state index in [2.05, 4.69) is 12.2 Å². The average molecular weight is 271 g/mol. The molecule has 2 rings (SSSR count). The van der Waals surface area contributed by atoms with Gasteiger partial charge in [-0.15, -0.1) is 0 Å². The number of halogens is 3. The topological polar surface area (TPSA) is 12.0 Å². The maximum Gasteiger partial charge on any atom is 0.416 e. The van der Waals surface area contributed by atoms with E-state index in [0.29, 0.717) is 12.0 Å². The Bertz CT molecular complexity index is 393. The molecule has 19 heavy (non-hydrogen) atoms. The molecule has 0 aliphatic heterocycles. The molecule has 1 N–H and O–H groups in total. The molecule has 1 aliphatic carbocycles. The molecule has 0 radical (unpaired) electrons. The fourth-order valence-electron chi connectivity index (χ4n) is 2.03. The van der Waals surface area contributed by atoms with Crippen LogP contribution < -0.4 is 5.32 Å². The van der Waals surface area contributed by atoms with Crippen LogP contribution in [0, 0.1) is 5.92 Å². The molecule has 1 aliphatic rings. The standard InChI is InChI=1S/C15H20F3N/c1-11(10-19-14-8-9-14)2-3-12-4-6-13(7-5-12)15(16,17)18/h4-7,11,14,19H,2-3,8-10H2,1H3. The lowest BCUT2D eigenvalue weighted by molar-refractivity contribution is -0.137. The first-order valence-corrected chi connectivity index (χ1v) is 6.84. The van der Waals surface area contributed by atoms with Crippen molar-refractivity contribution in [3.05, 3.63) is 35.4 Å². The summed E-state index contributed by atoms with van der Waals surface area (Å²) >= 11 is 0. The van der Waals surface area contributed by atoms with Gasteiger partial charge in [-0.3, -0.25) is 0 Å². The maximum absolute atomic E-state index is 12.4. The van der Waals surface area contributed by atoms with Gasteiger partial charge in [0.15, 0.2) is 0 Å². The van der Waals surface area contributed by atoms with Crippen molar-refractivity contribution >= 4 is 0 Å². The number of rotatable bonds is 6. The van der Waals surface area contributed by atoms with Crippen molar-refractivity contribution in [1.29, 1.82) is 0 Å². The van der Waals surface area contributed by atoms with Crippen molar-refractivity contribution < 1.29 is 13.2 Å². The Morgan fingerprint density at radius 2 is 1.84 bits per heavy atom. The van der Waals surface area contributed by atoms with Gasteiger partial charge in [0, 0.05) is 6.04 Å². The van der Waals surface area contributed by atoms with Gasteiger partial charge in [-0.2, -0.15) is 13.2 Å². The third kappa shape index (κ3) is 4.86. The van der Waals surface area contributed by atoms with Crippen molar-refractivity contribution in [3.63, 3.8) is 0 Å².